The number of nitrogens with one attached hydrogen (secondary N) is 1. The molecule has 5 rings (SSSR count). The van der Waals surface area contributed by atoms with Gasteiger partial charge < -0.3 is 9.15 Å². The second kappa shape index (κ2) is 9.62. The zero-order valence-electron chi connectivity index (χ0n) is 18.8. The van der Waals surface area contributed by atoms with Crippen molar-refractivity contribution in [2.24, 2.45) is 0 Å². The van der Waals surface area contributed by atoms with Gasteiger partial charge in [-0.15, -0.1) is 11.3 Å². The molecule has 0 spiro atoms. The van der Waals surface area contributed by atoms with Crippen molar-refractivity contribution in [3.05, 3.63) is 70.4 Å². The number of carbonyl (C=O) groups excluding carboxylic acids is 2. The van der Waals surface area contributed by atoms with E-state index >= 15 is 0 Å². The number of amides is 2. The monoisotopic (exact) mass is 532 g/mol. The van der Waals surface area contributed by atoms with Crippen molar-refractivity contribution in [3.8, 4) is 17.2 Å². The van der Waals surface area contributed by atoms with Crippen molar-refractivity contribution in [1.82, 2.24) is 10.3 Å². The number of oxazole rings is 1. The second-order valence-electron chi connectivity index (χ2n) is 8.17. The Labute approximate surface area is 211 Å². The smallest absolute Gasteiger partial charge is 0.416 e. The van der Waals surface area contributed by atoms with Gasteiger partial charge in [-0.1, -0.05) is 17.8 Å². The first-order chi connectivity index (χ1) is 17.2. The Hall–Kier alpha value is -3.31. The van der Waals surface area contributed by atoms with E-state index in [-0.39, 0.29) is 17.0 Å². The van der Waals surface area contributed by atoms with Crippen molar-refractivity contribution in [1.29, 1.82) is 0 Å². The Morgan fingerprint density at radius 3 is 2.58 bits per heavy atom. The van der Waals surface area contributed by atoms with Gasteiger partial charge in [0.2, 0.25) is 11.8 Å². The van der Waals surface area contributed by atoms with Crippen LogP contribution in [0, 0.1) is 6.92 Å². The molecule has 186 valence electrons. The summed E-state index contributed by atoms with van der Waals surface area (Å²) in [5.41, 5.74) is 1.37. The predicted octanol–water partition coefficient (Wildman–Crippen LogP) is 6.40. The van der Waals surface area contributed by atoms with E-state index in [0.29, 0.717) is 42.2 Å². The third kappa shape index (κ3) is 4.98. The molecule has 1 fully saturated rings. The molecule has 11 heteroatoms. The van der Waals surface area contributed by atoms with E-state index < -0.39 is 17.0 Å². The molecule has 1 unspecified atom stereocenters. The molecule has 0 radical (unpaired) electrons. The van der Waals surface area contributed by atoms with Gasteiger partial charge in [0.05, 0.1) is 23.1 Å². The second-order valence-corrected chi connectivity index (χ2v) is 10.3. The first-order valence-corrected chi connectivity index (χ1v) is 12.7. The normalized spacial score (nSPS) is 16.1. The average Bonchev–Trinajstić information content (AvgIpc) is 3.54. The van der Waals surface area contributed by atoms with Gasteiger partial charge in [-0.25, -0.2) is 4.98 Å². The van der Waals surface area contributed by atoms with Gasteiger partial charge in [0.25, 0.3) is 5.24 Å². The third-order valence-corrected chi connectivity index (χ3v) is 7.75. The summed E-state index contributed by atoms with van der Waals surface area (Å²) < 4.78 is 51.1. The molecular formula is C25H19F3N2O4S2. The summed E-state index contributed by atoms with van der Waals surface area (Å²) in [6.45, 7) is 2.07. The summed E-state index contributed by atoms with van der Waals surface area (Å²) in [6.07, 6.45) is -3.50. The fourth-order valence-corrected chi connectivity index (χ4v) is 5.74. The summed E-state index contributed by atoms with van der Waals surface area (Å²) >= 11 is 2.55. The van der Waals surface area contributed by atoms with Gasteiger partial charge in [-0.2, -0.15) is 13.2 Å². The summed E-state index contributed by atoms with van der Waals surface area (Å²) in [5, 5.41) is 4.43. The predicted molar refractivity (Wildman–Crippen MR) is 131 cm³/mol. The van der Waals surface area contributed by atoms with Gasteiger partial charge in [0.1, 0.15) is 11.5 Å². The number of benzene rings is 2. The highest BCUT2D eigenvalue weighted by Crippen LogP contribution is 2.36. The number of thioether (sulfide) groups is 1. The van der Waals surface area contributed by atoms with Crippen LogP contribution in [0.25, 0.3) is 21.5 Å². The minimum absolute atomic E-state index is 0.258. The fraction of sp³-hybridized carbons (Fsp3) is 0.240. The van der Waals surface area contributed by atoms with Crippen LogP contribution in [0.5, 0.6) is 5.75 Å². The van der Waals surface area contributed by atoms with Gasteiger partial charge in [-0.05, 0) is 60.7 Å². The van der Waals surface area contributed by atoms with Crippen LogP contribution in [0.3, 0.4) is 0 Å². The fourth-order valence-electron chi connectivity index (χ4n) is 3.95. The van der Waals surface area contributed by atoms with Crippen LogP contribution in [0.1, 0.15) is 22.6 Å². The summed E-state index contributed by atoms with van der Waals surface area (Å²) in [6, 6.07) is 10.4. The topological polar surface area (TPSA) is 81.4 Å². The number of ether oxygens (including phenoxy) is 1. The van der Waals surface area contributed by atoms with Crippen LogP contribution in [0.4, 0.5) is 18.0 Å². The number of alkyl halides is 3. The highest BCUT2D eigenvalue weighted by molar-refractivity contribution is 8.15. The van der Waals surface area contributed by atoms with E-state index in [1.54, 1.807) is 18.3 Å². The molecule has 4 aromatic rings. The minimum Gasteiger partial charge on any atom is -0.493 e. The number of nitrogens with zero attached hydrogens (tertiary/aromatic N) is 1. The maximum atomic E-state index is 12.8. The number of hydrogen-bond donors (Lipinski definition) is 1. The number of aromatic nitrogens is 1. The van der Waals surface area contributed by atoms with Crippen LogP contribution in [0.2, 0.25) is 0 Å². The number of carbonyl (C=O) groups is 2. The molecule has 1 aliphatic rings. The van der Waals surface area contributed by atoms with E-state index in [1.165, 1.54) is 12.1 Å². The first kappa shape index (κ1) is 24.4. The Balaban J connectivity index is 1.25. The van der Waals surface area contributed by atoms with Gasteiger partial charge in [0, 0.05) is 22.1 Å². The molecule has 1 aliphatic heterocycles. The van der Waals surface area contributed by atoms with Crippen LogP contribution >= 0.6 is 23.1 Å². The van der Waals surface area contributed by atoms with Gasteiger partial charge >= 0.3 is 6.18 Å². The maximum absolute atomic E-state index is 12.8. The largest absolute Gasteiger partial charge is 0.493 e. The highest BCUT2D eigenvalue weighted by Gasteiger charge is 2.32. The van der Waals surface area contributed by atoms with E-state index in [1.807, 2.05) is 23.6 Å². The van der Waals surface area contributed by atoms with Crippen LogP contribution in [0.15, 0.2) is 52.3 Å². The van der Waals surface area contributed by atoms with Crippen LogP contribution < -0.4 is 10.1 Å². The molecule has 0 aliphatic carbocycles. The van der Waals surface area contributed by atoms with Crippen molar-refractivity contribution < 1.29 is 31.9 Å². The molecule has 2 amide bonds. The van der Waals surface area contributed by atoms with Gasteiger partial charge in [-0.3, -0.25) is 14.9 Å². The number of rotatable bonds is 7. The van der Waals surface area contributed by atoms with Crippen molar-refractivity contribution in [3.63, 3.8) is 0 Å². The van der Waals surface area contributed by atoms with E-state index in [0.717, 1.165) is 39.5 Å². The van der Waals surface area contributed by atoms with Crippen molar-refractivity contribution in [2.75, 3.05) is 6.61 Å². The van der Waals surface area contributed by atoms with E-state index in [4.69, 9.17) is 9.15 Å². The standard InChI is InChI=1S/C25H19F3N2O4S2/c1-13-18(29-23(34-13)14-2-5-16(6-3-14)25(26,27)28)8-10-33-19-7-4-15(21-17(19)9-11-35-21)12-20-22(31)30-24(32)36-20/h2-7,9,11,20H,8,10,12H2,1H3,(H,30,31,32). The number of halogens is 3. The first-order valence-electron chi connectivity index (χ1n) is 11.0. The lowest BCUT2D eigenvalue weighted by molar-refractivity contribution is -0.137. The zero-order chi connectivity index (χ0) is 25.4. The van der Waals surface area contributed by atoms with Gasteiger partial charge in [0.15, 0.2) is 0 Å². The molecule has 1 atom stereocenters. The Morgan fingerprint density at radius 1 is 1.11 bits per heavy atom. The molecule has 0 bridgehead atoms. The number of hydrogen-bond acceptors (Lipinski definition) is 7. The lowest BCUT2D eigenvalue weighted by atomic mass is 10.1. The molecule has 2 aromatic carbocycles. The SMILES string of the molecule is Cc1oc(-c2ccc(C(F)(F)F)cc2)nc1CCOc1ccc(CC2SC(=O)NC2=O)c2sccc12. The van der Waals surface area contributed by atoms with Crippen molar-refractivity contribution in [2.45, 2.75) is 31.2 Å². The quantitative estimate of drug-likeness (QED) is 0.297. The lowest BCUT2D eigenvalue weighted by Crippen LogP contribution is -2.25. The molecule has 1 saturated heterocycles. The molecule has 2 aromatic heterocycles. The average molecular weight is 533 g/mol. The summed E-state index contributed by atoms with van der Waals surface area (Å²) in [5.74, 6) is 1.26. The van der Waals surface area contributed by atoms with Crippen LogP contribution in [-0.4, -0.2) is 28.0 Å². The molecule has 0 saturated carbocycles. The maximum Gasteiger partial charge on any atom is 0.416 e. The minimum atomic E-state index is -4.40. The van der Waals surface area contributed by atoms with Crippen molar-refractivity contribution >= 4 is 44.3 Å². The highest BCUT2D eigenvalue weighted by atomic mass is 32.2. The third-order valence-electron chi connectivity index (χ3n) is 5.78. The Kier molecular flexibility index (Phi) is 6.52. The number of fused-ring (bicyclic) bond motifs is 1. The van der Waals surface area contributed by atoms with E-state index in [9.17, 15) is 22.8 Å². The summed E-state index contributed by atoms with van der Waals surface area (Å²) in [4.78, 5) is 27.9. The van der Waals surface area contributed by atoms with E-state index in [2.05, 4.69) is 10.3 Å². The van der Waals surface area contributed by atoms with Crippen LogP contribution in [-0.2, 0) is 23.8 Å². The lowest BCUT2D eigenvalue weighted by Gasteiger charge is -2.11. The molecule has 36 heavy (non-hydrogen) atoms. The Morgan fingerprint density at radius 2 is 1.89 bits per heavy atom. The Bertz CT molecular complexity index is 1440. The molecular weight excluding hydrogens is 513 g/mol. The molecule has 1 N–H and O–H groups in total. The number of imide groups is 1. The molecule has 3 heterocycles. The summed E-state index contributed by atoms with van der Waals surface area (Å²) in [7, 11) is 0. The molecule has 6 nitrogen and oxygen atoms in total. The number of thiophene rings is 1. The number of aryl methyl sites for hydroxylation is 1. The zero-order valence-corrected chi connectivity index (χ0v) is 20.5.